The van der Waals surface area contributed by atoms with Gasteiger partial charge < -0.3 is 29.7 Å². The molecule has 3 rings (SSSR count). The van der Waals surface area contributed by atoms with Gasteiger partial charge in [0.05, 0.1) is 6.61 Å². The Morgan fingerprint density at radius 3 is 2.25 bits per heavy atom. The molecule has 5 N–H and O–H groups in total. The minimum atomic E-state index is -5.20. The predicted molar refractivity (Wildman–Crippen MR) is 87.9 cm³/mol. The van der Waals surface area contributed by atoms with Crippen molar-refractivity contribution in [2.45, 2.75) is 31.3 Å². The number of aryl methyl sites for hydroxylation is 1. The molecule has 0 radical (unpaired) electrons. The van der Waals surface area contributed by atoms with Gasteiger partial charge in [0.1, 0.15) is 24.4 Å². The van der Waals surface area contributed by atoms with Crippen LogP contribution in [-0.4, -0.2) is 49.9 Å². The molecule has 0 spiro atoms. The lowest BCUT2D eigenvalue weighted by Crippen LogP contribution is -2.33. The van der Waals surface area contributed by atoms with E-state index < -0.39 is 54.5 Å². The summed E-state index contributed by atoms with van der Waals surface area (Å²) in [6.07, 6.45) is -5.46. The molecule has 2 aliphatic heterocycles. The molecule has 0 aliphatic carbocycles. The van der Waals surface area contributed by atoms with Gasteiger partial charge in [0, 0.05) is 17.3 Å². The van der Waals surface area contributed by atoms with Crippen LogP contribution in [0.5, 0.6) is 0 Å². The molecular formula is C11H16NO13P3. The largest absolute Gasteiger partial charge is 0.492 e. The van der Waals surface area contributed by atoms with E-state index >= 15 is 0 Å². The van der Waals surface area contributed by atoms with E-state index in [1.54, 1.807) is 6.92 Å². The topological polar surface area (TPSA) is 211 Å². The number of hydrogen-bond donors (Lipinski definition) is 5. The van der Waals surface area contributed by atoms with Crippen LogP contribution in [0.25, 0.3) is 0 Å². The lowest BCUT2D eigenvalue weighted by Gasteiger charge is -2.27. The average Bonchev–Trinajstić information content (AvgIpc) is 2.78. The normalized spacial score (nSPS) is 43.9. The molecule has 6 atom stereocenters. The highest BCUT2D eigenvalue weighted by molar-refractivity contribution is 7.74. The van der Waals surface area contributed by atoms with Crippen molar-refractivity contribution < 1.29 is 55.9 Å². The summed E-state index contributed by atoms with van der Waals surface area (Å²) < 4.78 is 57.0. The number of nitrogens with one attached hydrogen (secondary N) is 1. The van der Waals surface area contributed by atoms with Gasteiger partial charge >= 0.3 is 23.5 Å². The standard InChI is InChI=1S/C11H16NO13P3/c1-5-6(2-3-8(13)12-5)11-10(15)9(14)7(22-11)4-21-28(20)24-26(16,17)23-27(18,19)25-28/h2-3,7,9-11,14-15H,4H2,1H3,(H,12,13)(H,16,17)(H,18,19)/t7-,9+,10+,11+/m1/s1. The predicted octanol–water partition coefficient (Wildman–Crippen LogP) is 0.234. The monoisotopic (exact) mass is 463 g/mol. The Hall–Kier alpha value is -0.720. The van der Waals surface area contributed by atoms with E-state index in [4.69, 9.17) is 9.26 Å². The number of H-pyrrole nitrogens is 1. The summed E-state index contributed by atoms with van der Waals surface area (Å²) in [6, 6.07) is 2.57. The number of aliphatic hydroxyl groups is 2. The first-order chi connectivity index (χ1) is 12.8. The van der Waals surface area contributed by atoms with Crippen LogP contribution in [0.15, 0.2) is 16.9 Å². The van der Waals surface area contributed by atoms with E-state index in [-0.39, 0.29) is 5.56 Å². The maximum Gasteiger partial charge on any atom is 0.492 e. The van der Waals surface area contributed by atoms with Gasteiger partial charge in [0.15, 0.2) is 0 Å². The molecule has 2 saturated heterocycles. The van der Waals surface area contributed by atoms with Crippen LogP contribution < -0.4 is 5.56 Å². The Kier molecular flexibility index (Phi) is 5.90. The fourth-order valence-corrected chi connectivity index (χ4v) is 7.61. The fraction of sp³-hybridized carbons (Fsp3) is 0.545. The summed E-state index contributed by atoms with van der Waals surface area (Å²) >= 11 is 0. The fourth-order valence-electron chi connectivity index (χ4n) is 2.68. The van der Waals surface area contributed by atoms with E-state index in [0.29, 0.717) is 11.3 Å². The molecule has 1 aromatic heterocycles. The van der Waals surface area contributed by atoms with Crippen LogP contribution in [0.3, 0.4) is 0 Å². The van der Waals surface area contributed by atoms with Crippen molar-refractivity contribution in [2.24, 2.45) is 0 Å². The Bertz CT molecular complexity index is 933. The molecule has 158 valence electrons. The number of aromatic amines is 1. The molecule has 1 aromatic rings. The molecule has 0 saturated carbocycles. The SMILES string of the molecule is Cc1[nH]c(=O)ccc1[C@@H]1O[C@H](COP2(=O)OP(=O)(O)OP(=O)(O)O2)[C@H](O)[C@@H]1O. The zero-order valence-corrected chi connectivity index (χ0v) is 16.7. The molecule has 0 aromatic carbocycles. The summed E-state index contributed by atoms with van der Waals surface area (Å²) in [5, 5.41) is 20.3. The van der Waals surface area contributed by atoms with Crippen LogP contribution in [0.2, 0.25) is 0 Å². The highest BCUT2D eigenvalue weighted by atomic mass is 31.3. The second-order valence-electron chi connectivity index (χ2n) is 5.90. The van der Waals surface area contributed by atoms with E-state index in [0.717, 1.165) is 0 Å². The van der Waals surface area contributed by atoms with Gasteiger partial charge in [-0.3, -0.25) is 9.32 Å². The Balaban J connectivity index is 1.73. The molecular weight excluding hydrogens is 447 g/mol. The van der Waals surface area contributed by atoms with Gasteiger partial charge in [0.2, 0.25) is 5.56 Å². The first-order valence-electron chi connectivity index (χ1n) is 7.56. The smallest absolute Gasteiger partial charge is 0.387 e. The van der Waals surface area contributed by atoms with Gasteiger partial charge in [-0.1, -0.05) is 0 Å². The minimum Gasteiger partial charge on any atom is -0.387 e. The molecule has 2 aliphatic rings. The van der Waals surface area contributed by atoms with Gasteiger partial charge in [-0.25, -0.2) is 13.7 Å². The number of pyridine rings is 1. The van der Waals surface area contributed by atoms with Crippen molar-refractivity contribution in [3.8, 4) is 0 Å². The minimum absolute atomic E-state index is 0.360. The van der Waals surface area contributed by atoms with Crippen molar-refractivity contribution in [1.29, 1.82) is 0 Å². The molecule has 28 heavy (non-hydrogen) atoms. The van der Waals surface area contributed by atoms with E-state index in [1.165, 1.54) is 12.1 Å². The quantitative estimate of drug-likeness (QED) is 0.379. The first-order valence-corrected chi connectivity index (χ1v) is 12.0. The van der Waals surface area contributed by atoms with Crippen LogP contribution in [0.4, 0.5) is 0 Å². The summed E-state index contributed by atoms with van der Waals surface area (Å²) in [5.74, 6) is 0. The summed E-state index contributed by atoms with van der Waals surface area (Å²) in [4.78, 5) is 32.1. The summed E-state index contributed by atoms with van der Waals surface area (Å²) in [6.45, 7) is 0.733. The van der Waals surface area contributed by atoms with Crippen LogP contribution >= 0.6 is 23.5 Å². The number of ether oxygens (including phenoxy) is 1. The van der Waals surface area contributed by atoms with Crippen molar-refractivity contribution in [3.05, 3.63) is 33.7 Å². The van der Waals surface area contributed by atoms with Gasteiger partial charge in [0.25, 0.3) is 0 Å². The Labute approximate surface area is 156 Å². The third-order valence-electron chi connectivity index (χ3n) is 3.84. The molecule has 14 nitrogen and oxygen atoms in total. The number of aliphatic hydroxyl groups excluding tert-OH is 2. The summed E-state index contributed by atoms with van der Waals surface area (Å²) in [7, 11) is -15.4. The molecule has 2 unspecified atom stereocenters. The van der Waals surface area contributed by atoms with Crippen LogP contribution in [0, 0.1) is 6.92 Å². The zero-order chi connectivity index (χ0) is 20.9. The molecule has 17 heteroatoms. The zero-order valence-electron chi connectivity index (χ0n) is 14.0. The molecule has 0 bridgehead atoms. The second-order valence-corrected chi connectivity index (χ2v) is 10.9. The highest BCUT2D eigenvalue weighted by Gasteiger charge is 2.55. The van der Waals surface area contributed by atoms with Gasteiger partial charge in [-0.15, -0.1) is 0 Å². The first kappa shape index (κ1) is 22.0. The maximum atomic E-state index is 12.2. The van der Waals surface area contributed by atoms with Crippen molar-refractivity contribution in [3.63, 3.8) is 0 Å². The van der Waals surface area contributed by atoms with Crippen molar-refractivity contribution in [1.82, 2.24) is 4.98 Å². The second kappa shape index (κ2) is 7.51. The molecule has 2 fully saturated rings. The van der Waals surface area contributed by atoms with Crippen LogP contribution in [0.1, 0.15) is 17.4 Å². The summed E-state index contributed by atoms with van der Waals surface area (Å²) in [5.41, 5.74) is 0.346. The van der Waals surface area contributed by atoms with Gasteiger partial charge in [-0.2, -0.15) is 12.9 Å². The molecule has 0 amide bonds. The Morgan fingerprint density at radius 2 is 1.68 bits per heavy atom. The van der Waals surface area contributed by atoms with Gasteiger partial charge in [-0.05, 0) is 13.0 Å². The lowest BCUT2D eigenvalue weighted by atomic mass is 10.0. The Morgan fingerprint density at radius 1 is 1.07 bits per heavy atom. The number of aromatic nitrogens is 1. The maximum absolute atomic E-state index is 12.2. The third-order valence-corrected chi connectivity index (χ3v) is 9.20. The van der Waals surface area contributed by atoms with Crippen molar-refractivity contribution in [2.75, 3.05) is 6.61 Å². The lowest BCUT2D eigenvalue weighted by molar-refractivity contribution is -0.0233. The van der Waals surface area contributed by atoms with Crippen LogP contribution in [-0.2, 0) is 35.9 Å². The van der Waals surface area contributed by atoms with Crippen molar-refractivity contribution >= 4 is 23.5 Å². The van der Waals surface area contributed by atoms with E-state index in [2.05, 4.69) is 17.9 Å². The third kappa shape index (κ3) is 4.71. The van der Waals surface area contributed by atoms with E-state index in [9.17, 15) is 38.5 Å². The number of phosphoric acid groups is 3. The number of rotatable bonds is 4. The van der Waals surface area contributed by atoms with E-state index in [1.807, 2.05) is 0 Å². The highest BCUT2D eigenvalue weighted by Crippen LogP contribution is 2.80. The average molecular weight is 463 g/mol. The number of hydrogen-bond acceptors (Lipinski definition) is 11. The molecule has 3 heterocycles.